The highest BCUT2D eigenvalue weighted by molar-refractivity contribution is 8.16. The Bertz CT molecular complexity index is 1010. The van der Waals surface area contributed by atoms with E-state index in [0.29, 0.717) is 5.75 Å². The van der Waals surface area contributed by atoms with Gasteiger partial charge in [0.2, 0.25) is 5.91 Å². The van der Waals surface area contributed by atoms with E-state index in [2.05, 4.69) is 42.3 Å². The second-order valence-corrected chi connectivity index (χ2v) is 9.28. The maximum atomic E-state index is 12.7. The molecule has 1 spiro atoms. The molecule has 0 aliphatic carbocycles. The number of benzene rings is 2. The number of piperidine rings is 1. The van der Waals surface area contributed by atoms with Crippen LogP contribution in [0.5, 0.6) is 0 Å². The lowest BCUT2D eigenvalue weighted by Crippen LogP contribution is -2.41. The average molecular weight is 435 g/mol. The maximum Gasteiger partial charge on any atom is 0.234 e. The second kappa shape index (κ2) is 9.37. The quantitative estimate of drug-likeness (QED) is 0.743. The van der Waals surface area contributed by atoms with E-state index in [4.69, 9.17) is 9.98 Å². The minimum Gasteiger partial charge on any atom is -0.325 e. The third kappa shape index (κ3) is 5.08. The van der Waals surface area contributed by atoms with Crippen molar-refractivity contribution in [3.05, 3.63) is 65.2 Å². The summed E-state index contributed by atoms with van der Waals surface area (Å²) in [6.45, 7) is 9.36. The van der Waals surface area contributed by atoms with Crippen LogP contribution >= 0.6 is 11.8 Å². The highest BCUT2D eigenvalue weighted by atomic mass is 32.2. The maximum absolute atomic E-state index is 12.7. The number of hydrogen-bond acceptors (Lipinski definition) is 5. The predicted octanol–water partition coefficient (Wildman–Crippen LogP) is 4.69. The Morgan fingerprint density at radius 1 is 1.10 bits per heavy atom. The molecule has 0 bridgehead atoms. The van der Waals surface area contributed by atoms with E-state index in [1.165, 1.54) is 17.3 Å². The molecule has 2 aromatic carbocycles. The lowest BCUT2D eigenvalue weighted by atomic mass is 9.98. The number of nitrogens with one attached hydrogen (secondary N) is 1. The fourth-order valence-corrected chi connectivity index (χ4v) is 5.01. The van der Waals surface area contributed by atoms with Crippen LogP contribution < -0.4 is 5.32 Å². The largest absolute Gasteiger partial charge is 0.325 e. The molecular formula is C25H30N4OS. The molecule has 2 heterocycles. The number of carbonyl (C=O) groups is 1. The van der Waals surface area contributed by atoms with E-state index in [1.54, 1.807) is 0 Å². The minimum absolute atomic E-state index is 0.0196. The summed E-state index contributed by atoms with van der Waals surface area (Å²) in [7, 11) is 0. The van der Waals surface area contributed by atoms with E-state index in [9.17, 15) is 4.79 Å². The highest BCUT2D eigenvalue weighted by Crippen LogP contribution is 2.35. The molecule has 2 aromatic rings. The summed E-state index contributed by atoms with van der Waals surface area (Å²) in [6, 6.07) is 16.3. The first kappa shape index (κ1) is 21.8. The van der Waals surface area contributed by atoms with E-state index >= 15 is 0 Å². The van der Waals surface area contributed by atoms with Crippen molar-refractivity contribution in [3.8, 4) is 0 Å². The molecule has 0 atom stereocenters. The topological polar surface area (TPSA) is 57.1 Å². The van der Waals surface area contributed by atoms with Crippen LogP contribution in [-0.2, 0) is 4.79 Å². The van der Waals surface area contributed by atoms with Crippen molar-refractivity contribution < 1.29 is 4.79 Å². The van der Waals surface area contributed by atoms with Crippen LogP contribution in [0.3, 0.4) is 0 Å². The predicted molar refractivity (Wildman–Crippen MR) is 131 cm³/mol. The first-order valence-corrected chi connectivity index (χ1v) is 11.9. The van der Waals surface area contributed by atoms with Crippen molar-refractivity contribution in [3.63, 3.8) is 0 Å². The Morgan fingerprint density at radius 2 is 1.84 bits per heavy atom. The van der Waals surface area contributed by atoms with Crippen molar-refractivity contribution in [2.75, 3.05) is 30.7 Å². The zero-order valence-corrected chi connectivity index (χ0v) is 19.3. The van der Waals surface area contributed by atoms with Crippen LogP contribution in [0.25, 0.3) is 0 Å². The van der Waals surface area contributed by atoms with Crippen LogP contribution in [0, 0.1) is 13.8 Å². The average Bonchev–Trinajstić information content (AvgIpc) is 3.13. The zero-order valence-electron chi connectivity index (χ0n) is 18.5. The number of carbonyl (C=O) groups excluding carboxylic acids is 1. The first-order chi connectivity index (χ1) is 15.0. The summed E-state index contributed by atoms with van der Waals surface area (Å²) in [6.07, 6.45) is 1.85. The minimum atomic E-state index is -0.372. The normalized spacial score (nSPS) is 18.0. The molecule has 0 saturated carbocycles. The van der Waals surface area contributed by atoms with Crippen LogP contribution in [0.1, 0.15) is 36.5 Å². The van der Waals surface area contributed by atoms with Crippen molar-refractivity contribution in [2.24, 2.45) is 9.98 Å². The SMILES string of the molecule is CCN1CCC2(CC1)N=C(SCC(=O)Nc1ccc(C)cc1C)C(c1ccccc1)=N2. The van der Waals surface area contributed by atoms with Gasteiger partial charge in [-0.15, -0.1) is 0 Å². The van der Waals surface area contributed by atoms with Crippen LogP contribution in [0.15, 0.2) is 58.5 Å². The smallest absolute Gasteiger partial charge is 0.234 e. The van der Waals surface area contributed by atoms with Gasteiger partial charge in [-0.25, -0.2) is 4.99 Å². The molecule has 5 nitrogen and oxygen atoms in total. The summed E-state index contributed by atoms with van der Waals surface area (Å²) in [5.74, 6) is 0.295. The van der Waals surface area contributed by atoms with Crippen LogP contribution in [-0.4, -0.2) is 52.6 Å². The number of amides is 1. The van der Waals surface area contributed by atoms with Crippen molar-refractivity contribution in [2.45, 2.75) is 39.3 Å². The van der Waals surface area contributed by atoms with Crippen molar-refractivity contribution in [1.82, 2.24) is 4.90 Å². The van der Waals surface area contributed by atoms with Crippen LogP contribution in [0.4, 0.5) is 5.69 Å². The molecule has 4 rings (SSSR count). The lowest BCUT2D eigenvalue weighted by Gasteiger charge is -2.34. The van der Waals surface area contributed by atoms with Gasteiger partial charge in [0.05, 0.1) is 11.5 Å². The molecule has 2 aliphatic rings. The Hall–Kier alpha value is -2.44. The van der Waals surface area contributed by atoms with Gasteiger partial charge in [-0.2, -0.15) is 0 Å². The third-order valence-corrected chi connectivity index (χ3v) is 6.94. The molecule has 1 saturated heterocycles. The molecule has 6 heteroatoms. The Balaban J connectivity index is 1.49. The van der Waals surface area contributed by atoms with Gasteiger partial charge in [0, 0.05) is 37.2 Å². The molecule has 1 N–H and O–H groups in total. The first-order valence-electron chi connectivity index (χ1n) is 11.0. The van der Waals surface area contributed by atoms with Gasteiger partial charge >= 0.3 is 0 Å². The molecule has 0 unspecified atom stereocenters. The molecule has 1 amide bonds. The van der Waals surface area contributed by atoms with Gasteiger partial charge in [-0.1, -0.05) is 66.7 Å². The monoisotopic (exact) mass is 434 g/mol. The number of nitrogens with zero attached hydrogens (tertiary/aromatic N) is 3. The van der Waals surface area contributed by atoms with Crippen molar-refractivity contribution >= 4 is 34.1 Å². The summed E-state index contributed by atoms with van der Waals surface area (Å²) in [4.78, 5) is 25.3. The van der Waals surface area contributed by atoms with Gasteiger partial charge in [-0.3, -0.25) is 9.79 Å². The Labute approximate surface area is 189 Å². The van der Waals surface area contributed by atoms with Gasteiger partial charge in [0.1, 0.15) is 5.04 Å². The summed E-state index contributed by atoms with van der Waals surface area (Å²) < 4.78 is 0. The fraction of sp³-hybridized carbons (Fsp3) is 0.400. The summed E-state index contributed by atoms with van der Waals surface area (Å²) in [5, 5.41) is 3.92. The van der Waals surface area contributed by atoms with Gasteiger partial charge in [0.15, 0.2) is 5.66 Å². The van der Waals surface area contributed by atoms with Gasteiger partial charge in [-0.05, 0) is 32.0 Å². The van der Waals surface area contributed by atoms with Crippen molar-refractivity contribution in [1.29, 1.82) is 0 Å². The molecule has 31 heavy (non-hydrogen) atoms. The summed E-state index contributed by atoms with van der Waals surface area (Å²) in [5.41, 5.74) is 4.75. The number of likely N-dealkylation sites (tertiary alicyclic amines) is 1. The second-order valence-electron chi connectivity index (χ2n) is 8.32. The fourth-order valence-electron chi connectivity index (χ4n) is 4.13. The molecule has 0 aromatic heterocycles. The number of aliphatic imine (C=N–C) groups is 2. The molecule has 2 aliphatic heterocycles. The summed E-state index contributed by atoms with van der Waals surface area (Å²) >= 11 is 1.49. The number of rotatable bonds is 5. The number of aryl methyl sites for hydroxylation is 2. The lowest BCUT2D eigenvalue weighted by molar-refractivity contribution is -0.113. The number of anilines is 1. The van der Waals surface area contributed by atoms with E-state index in [-0.39, 0.29) is 11.6 Å². The molecule has 162 valence electrons. The molecule has 0 radical (unpaired) electrons. The standard InChI is InChI=1S/C25H30N4OS/c1-4-29-14-12-25(13-15-29)27-23(20-8-6-5-7-9-20)24(28-25)31-17-22(30)26-21-11-10-18(2)16-19(21)3/h5-11,16H,4,12-15,17H2,1-3H3,(H,26,30). The van der Waals surface area contributed by atoms with E-state index < -0.39 is 0 Å². The third-order valence-electron chi connectivity index (χ3n) is 5.98. The van der Waals surface area contributed by atoms with Crippen LogP contribution in [0.2, 0.25) is 0 Å². The Kier molecular flexibility index (Phi) is 6.58. The zero-order chi connectivity index (χ0) is 21.8. The number of thioether (sulfide) groups is 1. The highest BCUT2D eigenvalue weighted by Gasteiger charge is 2.39. The van der Waals surface area contributed by atoms with E-state index in [0.717, 1.165) is 60.0 Å². The molecular weight excluding hydrogens is 404 g/mol. The van der Waals surface area contributed by atoms with Gasteiger partial charge < -0.3 is 10.2 Å². The van der Waals surface area contributed by atoms with E-state index in [1.807, 2.05) is 37.3 Å². The molecule has 1 fully saturated rings. The van der Waals surface area contributed by atoms with Gasteiger partial charge in [0.25, 0.3) is 0 Å². The Morgan fingerprint density at radius 3 is 2.52 bits per heavy atom. The number of hydrogen-bond donors (Lipinski definition) is 1.